The van der Waals surface area contributed by atoms with Crippen LogP contribution in [0.1, 0.15) is 36.5 Å². The van der Waals surface area contributed by atoms with E-state index in [9.17, 15) is 4.79 Å². The first-order valence-corrected chi connectivity index (χ1v) is 9.68. The lowest BCUT2D eigenvalue weighted by atomic mass is 10.1. The van der Waals surface area contributed by atoms with Gasteiger partial charge in [0.25, 0.3) is 5.91 Å². The van der Waals surface area contributed by atoms with Gasteiger partial charge in [-0.3, -0.25) is 4.79 Å². The average Bonchev–Trinajstić information content (AvgIpc) is 2.91. The Balaban J connectivity index is 1.71. The molecule has 144 valence electrons. The van der Waals surface area contributed by atoms with Crippen molar-refractivity contribution >= 4 is 28.9 Å². The van der Waals surface area contributed by atoms with E-state index >= 15 is 0 Å². The number of carbonyl (C=O) groups is 1. The first-order valence-electron chi connectivity index (χ1n) is 9.30. The van der Waals surface area contributed by atoms with Crippen molar-refractivity contribution in [3.05, 3.63) is 47.0 Å². The van der Waals surface area contributed by atoms with Gasteiger partial charge in [-0.05, 0) is 30.7 Å². The Kier molecular flexibility index (Phi) is 6.45. The van der Waals surface area contributed by atoms with Crippen LogP contribution in [0, 0.1) is 0 Å². The zero-order valence-electron chi connectivity index (χ0n) is 15.8. The topological polar surface area (TPSA) is 50.8 Å². The highest BCUT2D eigenvalue weighted by Gasteiger charge is 2.16. The zero-order valence-corrected chi connectivity index (χ0v) is 16.5. The Bertz CT molecular complexity index is 793. The summed E-state index contributed by atoms with van der Waals surface area (Å²) in [6.45, 7) is 4.34. The molecule has 0 unspecified atom stereocenters. The molecule has 27 heavy (non-hydrogen) atoms. The van der Waals surface area contributed by atoms with Gasteiger partial charge < -0.3 is 19.7 Å². The van der Waals surface area contributed by atoms with E-state index < -0.39 is 0 Å². The van der Waals surface area contributed by atoms with E-state index in [2.05, 4.69) is 24.2 Å². The number of nitrogens with one attached hydrogen (secondary N) is 1. The molecule has 3 rings (SSSR count). The number of nitrogens with zero attached hydrogens (tertiary/aromatic N) is 1. The Morgan fingerprint density at radius 2 is 1.81 bits per heavy atom. The number of halogens is 1. The van der Waals surface area contributed by atoms with Crippen LogP contribution in [0.25, 0.3) is 0 Å². The van der Waals surface area contributed by atoms with Gasteiger partial charge in [-0.1, -0.05) is 24.9 Å². The summed E-state index contributed by atoms with van der Waals surface area (Å²) in [6, 6.07) is 11.0. The van der Waals surface area contributed by atoms with Crippen molar-refractivity contribution in [3.8, 4) is 11.5 Å². The lowest BCUT2D eigenvalue weighted by molar-refractivity contribution is 0.102. The number of anilines is 2. The lowest BCUT2D eigenvalue weighted by Crippen LogP contribution is -2.18. The highest BCUT2D eigenvalue weighted by molar-refractivity contribution is 6.34. The van der Waals surface area contributed by atoms with Crippen molar-refractivity contribution in [3.63, 3.8) is 0 Å². The maximum Gasteiger partial charge on any atom is 0.255 e. The summed E-state index contributed by atoms with van der Waals surface area (Å²) in [5.74, 6) is 0.990. The molecule has 0 spiro atoms. The van der Waals surface area contributed by atoms with E-state index in [0.29, 0.717) is 41.0 Å². The number of ether oxygens (including phenoxy) is 2. The smallest absolute Gasteiger partial charge is 0.255 e. The van der Waals surface area contributed by atoms with Crippen molar-refractivity contribution in [1.29, 1.82) is 0 Å². The molecule has 0 atom stereocenters. The molecule has 1 heterocycles. The van der Waals surface area contributed by atoms with Gasteiger partial charge in [0, 0.05) is 43.4 Å². The third-order valence-electron chi connectivity index (χ3n) is 4.50. The Morgan fingerprint density at radius 3 is 2.48 bits per heavy atom. The molecule has 0 aromatic heterocycles. The first kappa shape index (κ1) is 19.4. The predicted molar refractivity (Wildman–Crippen MR) is 110 cm³/mol. The number of benzene rings is 2. The third kappa shape index (κ3) is 4.86. The van der Waals surface area contributed by atoms with Crippen LogP contribution in [-0.2, 0) is 0 Å². The average molecular weight is 389 g/mol. The van der Waals surface area contributed by atoms with Crippen LogP contribution in [-0.4, -0.2) is 32.7 Å². The summed E-state index contributed by atoms with van der Waals surface area (Å²) >= 11 is 6.30. The van der Waals surface area contributed by atoms with Gasteiger partial charge in [0.1, 0.15) is 0 Å². The van der Waals surface area contributed by atoms with E-state index in [1.54, 1.807) is 12.1 Å². The summed E-state index contributed by atoms with van der Waals surface area (Å²) in [7, 11) is 2.06. The van der Waals surface area contributed by atoms with Gasteiger partial charge in [0.15, 0.2) is 11.5 Å². The second-order valence-corrected chi connectivity index (χ2v) is 7.01. The van der Waals surface area contributed by atoms with Gasteiger partial charge in [-0.2, -0.15) is 0 Å². The molecule has 0 saturated carbocycles. The molecule has 0 radical (unpaired) electrons. The number of carbonyl (C=O) groups excluding carboxylic acids is 1. The molecule has 1 aliphatic heterocycles. The summed E-state index contributed by atoms with van der Waals surface area (Å²) in [5.41, 5.74) is 2.18. The van der Waals surface area contributed by atoms with Crippen LogP contribution in [0.15, 0.2) is 36.4 Å². The molecule has 2 aromatic rings. The van der Waals surface area contributed by atoms with Crippen LogP contribution >= 0.6 is 11.6 Å². The second kappa shape index (κ2) is 9.00. The predicted octanol–water partition coefficient (Wildman–Crippen LogP) is 4.99. The third-order valence-corrected chi connectivity index (χ3v) is 4.82. The number of unbranched alkanes of at least 4 members (excludes halogenated alkanes) is 1. The lowest BCUT2D eigenvalue weighted by Gasteiger charge is -2.19. The molecule has 6 heteroatoms. The zero-order chi connectivity index (χ0) is 19.2. The molecule has 2 aromatic carbocycles. The minimum Gasteiger partial charge on any atom is -0.490 e. The molecule has 1 aliphatic rings. The van der Waals surface area contributed by atoms with Crippen molar-refractivity contribution in [2.75, 3.05) is 37.0 Å². The minimum atomic E-state index is -0.214. The van der Waals surface area contributed by atoms with E-state index in [-0.39, 0.29) is 5.91 Å². The summed E-state index contributed by atoms with van der Waals surface area (Å²) in [4.78, 5) is 14.8. The number of amides is 1. The van der Waals surface area contributed by atoms with Gasteiger partial charge in [0.2, 0.25) is 0 Å². The Labute approximate surface area is 165 Å². The van der Waals surface area contributed by atoms with E-state index in [1.165, 1.54) is 0 Å². The molecule has 5 nitrogen and oxygen atoms in total. The molecule has 1 amide bonds. The normalized spacial score (nSPS) is 13.0. The van der Waals surface area contributed by atoms with Gasteiger partial charge in [-0.15, -0.1) is 0 Å². The molecule has 0 bridgehead atoms. The van der Waals surface area contributed by atoms with Crippen LogP contribution in [0.3, 0.4) is 0 Å². The highest BCUT2D eigenvalue weighted by atomic mass is 35.5. The second-order valence-electron chi connectivity index (χ2n) is 6.61. The maximum absolute atomic E-state index is 12.6. The van der Waals surface area contributed by atoms with E-state index in [4.69, 9.17) is 21.1 Å². The molecular formula is C21H25ClN2O3. The number of rotatable bonds is 6. The fourth-order valence-corrected chi connectivity index (χ4v) is 3.07. The number of hydrogen-bond acceptors (Lipinski definition) is 4. The largest absolute Gasteiger partial charge is 0.490 e. The summed E-state index contributed by atoms with van der Waals surface area (Å²) < 4.78 is 11.3. The maximum atomic E-state index is 12.6. The van der Waals surface area contributed by atoms with Crippen LogP contribution in [0.5, 0.6) is 11.5 Å². The fraction of sp³-hybridized carbons (Fsp3) is 0.381. The van der Waals surface area contributed by atoms with Gasteiger partial charge in [-0.25, -0.2) is 0 Å². The summed E-state index contributed by atoms with van der Waals surface area (Å²) in [6.07, 6.45) is 3.11. The van der Waals surface area contributed by atoms with Crippen LogP contribution in [0.2, 0.25) is 5.02 Å². The Hall–Kier alpha value is -2.40. The molecule has 0 fully saturated rings. The van der Waals surface area contributed by atoms with Crippen molar-refractivity contribution in [2.24, 2.45) is 0 Å². The van der Waals surface area contributed by atoms with Crippen molar-refractivity contribution in [1.82, 2.24) is 0 Å². The van der Waals surface area contributed by atoms with Gasteiger partial charge in [0.05, 0.1) is 23.9 Å². The van der Waals surface area contributed by atoms with Crippen LogP contribution in [0.4, 0.5) is 11.4 Å². The molecule has 1 N–H and O–H groups in total. The Morgan fingerprint density at radius 1 is 1.15 bits per heavy atom. The molecular weight excluding hydrogens is 364 g/mol. The molecule has 0 saturated heterocycles. The monoisotopic (exact) mass is 388 g/mol. The number of fused-ring (bicyclic) bond motifs is 1. The van der Waals surface area contributed by atoms with Crippen LogP contribution < -0.4 is 19.7 Å². The first-order chi connectivity index (χ1) is 13.1. The van der Waals surface area contributed by atoms with Gasteiger partial charge >= 0.3 is 0 Å². The van der Waals surface area contributed by atoms with Crippen molar-refractivity contribution in [2.45, 2.75) is 26.2 Å². The van der Waals surface area contributed by atoms with E-state index in [0.717, 1.165) is 31.5 Å². The quantitative estimate of drug-likeness (QED) is 0.757. The molecule has 0 aliphatic carbocycles. The standard InChI is InChI=1S/C21H25ClN2O3/c1-3-4-10-24(2)16-8-6-15(7-9-16)21(25)23-18-14-20-19(13-17(18)22)26-11-5-12-27-20/h6-9,13-14H,3-5,10-12H2,1-2H3,(H,23,25). The van der Waals surface area contributed by atoms with E-state index in [1.807, 2.05) is 24.3 Å². The number of hydrogen-bond donors (Lipinski definition) is 1. The fourth-order valence-electron chi connectivity index (χ4n) is 2.87. The highest BCUT2D eigenvalue weighted by Crippen LogP contribution is 2.37. The minimum absolute atomic E-state index is 0.214. The SMILES string of the molecule is CCCCN(C)c1ccc(C(=O)Nc2cc3c(cc2Cl)OCCCO3)cc1. The summed E-state index contributed by atoms with van der Waals surface area (Å²) in [5, 5.41) is 3.28. The van der Waals surface area contributed by atoms with Crippen molar-refractivity contribution < 1.29 is 14.3 Å².